The number of thiophene rings is 1. The van der Waals surface area contributed by atoms with Gasteiger partial charge in [0.25, 0.3) is 0 Å². The van der Waals surface area contributed by atoms with Gasteiger partial charge in [-0.05, 0) is 41.8 Å². The van der Waals surface area contributed by atoms with E-state index in [1.807, 2.05) is 13.0 Å². The average Bonchev–Trinajstić information content (AvgIpc) is 3.24. The predicted octanol–water partition coefficient (Wildman–Crippen LogP) is 4.09. The minimum Gasteiger partial charge on any atom is -0.466 e. The van der Waals surface area contributed by atoms with Crippen molar-refractivity contribution in [3.8, 4) is 0 Å². The maximum absolute atomic E-state index is 12.4. The molecular formula is C19H23NO2S. The number of esters is 1. The molecule has 1 aliphatic heterocycles. The van der Waals surface area contributed by atoms with Crippen LogP contribution in [0.25, 0.3) is 0 Å². The molecule has 1 aromatic heterocycles. The van der Waals surface area contributed by atoms with Crippen LogP contribution in [-0.4, -0.2) is 30.6 Å². The van der Waals surface area contributed by atoms with E-state index in [-0.39, 0.29) is 17.8 Å². The Bertz CT molecular complexity index is 626. The number of likely N-dealkylation sites (tertiary alicyclic amines) is 1. The third-order valence-electron chi connectivity index (χ3n) is 4.74. The third-order valence-corrected chi connectivity index (χ3v) is 5.44. The molecule has 122 valence electrons. The number of carbonyl (C=O) groups excluding carboxylic acids is 1. The fourth-order valence-electron chi connectivity index (χ4n) is 3.40. The molecule has 1 aromatic carbocycles. The van der Waals surface area contributed by atoms with Crippen LogP contribution in [0, 0.1) is 5.92 Å². The summed E-state index contributed by atoms with van der Waals surface area (Å²) < 4.78 is 5.33. The van der Waals surface area contributed by atoms with E-state index >= 15 is 0 Å². The van der Waals surface area contributed by atoms with Gasteiger partial charge in [0.1, 0.15) is 0 Å². The Kier molecular flexibility index (Phi) is 5.13. The molecule has 4 heteroatoms. The van der Waals surface area contributed by atoms with Crippen LogP contribution in [0.2, 0.25) is 0 Å². The smallest absolute Gasteiger partial charge is 0.310 e. The second kappa shape index (κ2) is 7.28. The van der Waals surface area contributed by atoms with Gasteiger partial charge in [-0.25, -0.2) is 0 Å². The van der Waals surface area contributed by atoms with Crippen LogP contribution in [0.1, 0.15) is 36.9 Å². The first-order valence-electron chi connectivity index (χ1n) is 8.18. The van der Waals surface area contributed by atoms with Crippen molar-refractivity contribution >= 4 is 17.3 Å². The molecule has 3 nitrogen and oxygen atoms in total. The highest BCUT2D eigenvalue weighted by atomic mass is 32.1. The van der Waals surface area contributed by atoms with Gasteiger partial charge in [-0.3, -0.25) is 9.69 Å². The van der Waals surface area contributed by atoms with Crippen molar-refractivity contribution in [2.75, 3.05) is 19.7 Å². The summed E-state index contributed by atoms with van der Waals surface area (Å²) in [5.74, 6) is 0.0913. The Hall–Kier alpha value is -1.65. The van der Waals surface area contributed by atoms with E-state index in [4.69, 9.17) is 4.74 Å². The van der Waals surface area contributed by atoms with Gasteiger partial charge in [0.15, 0.2) is 0 Å². The Balaban J connectivity index is 1.81. The van der Waals surface area contributed by atoms with E-state index in [1.165, 1.54) is 11.1 Å². The van der Waals surface area contributed by atoms with Gasteiger partial charge in [0, 0.05) is 25.0 Å². The van der Waals surface area contributed by atoms with Crippen LogP contribution < -0.4 is 0 Å². The highest BCUT2D eigenvalue weighted by Gasteiger charge is 2.41. The summed E-state index contributed by atoms with van der Waals surface area (Å²) in [6, 6.07) is 12.9. The second-order valence-electron chi connectivity index (χ2n) is 6.06. The molecule has 2 aromatic rings. The van der Waals surface area contributed by atoms with Gasteiger partial charge in [0.2, 0.25) is 0 Å². The Morgan fingerprint density at radius 3 is 2.74 bits per heavy atom. The Morgan fingerprint density at radius 1 is 1.30 bits per heavy atom. The normalized spacial score (nSPS) is 22.9. The molecule has 3 rings (SSSR count). The summed E-state index contributed by atoms with van der Waals surface area (Å²) in [6.45, 7) is 6.19. The van der Waals surface area contributed by atoms with E-state index in [9.17, 15) is 4.79 Å². The molecule has 0 bridgehead atoms. The molecule has 0 amide bonds. The lowest BCUT2D eigenvalue weighted by molar-refractivity contribution is -0.148. The van der Waals surface area contributed by atoms with Gasteiger partial charge < -0.3 is 4.74 Å². The van der Waals surface area contributed by atoms with Gasteiger partial charge in [0.05, 0.1) is 12.5 Å². The number of nitrogens with zero attached hydrogens (tertiary/aromatic N) is 1. The number of carbonyl (C=O) groups is 1. The van der Waals surface area contributed by atoms with Gasteiger partial charge in [-0.2, -0.15) is 11.3 Å². The minimum absolute atomic E-state index is 0.0635. The SMILES string of the molecule is CCOC(=O)C1CN(C(C)c2ccccc2)CC1c1ccsc1. The molecule has 3 atom stereocenters. The summed E-state index contributed by atoms with van der Waals surface area (Å²) in [6.07, 6.45) is 0. The highest BCUT2D eigenvalue weighted by Crippen LogP contribution is 2.38. The van der Waals surface area contributed by atoms with Crippen molar-refractivity contribution in [3.63, 3.8) is 0 Å². The topological polar surface area (TPSA) is 29.5 Å². The average molecular weight is 329 g/mol. The predicted molar refractivity (Wildman–Crippen MR) is 93.6 cm³/mol. The Morgan fingerprint density at radius 2 is 2.09 bits per heavy atom. The van der Waals surface area contributed by atoms with Crippen molar-refractivity contribution in [2.45, 2.75) is 25.8 Å². The van der Waals surface area contributed by atoms with Crippen molar-refractivity contribution in [1.29, 1.82) is 0 Å². The van der Waals surface area contributed by atoms with E-state index < -0.39 is 0 Å². The van der Waals surface area contributed by atoms with Crippen molar-refractivity contribution in [1.82, 2.24) is 4.90 Å². The summed E-state index contributed by atoms with van der Waals surface area (Å²) in [5, 5.41) is 4.24. The summed E-state index contributed by atoms with van der Waals surface area (Å²) in [7, 11) is 0. The number of ether oxygens (including phenoxy) is 1. The zero-order chi connectivity index (χ0) is 16.2. The number of hydrogen-bond donors (Lipinski definition) is 0. The summed E-state index contributed by atoms with van der Waals surface area (Å²) in [4.78, 5) is 14.8. The van der Waals surface area contributed by atoms with Crippen molar-refractivity contribution in [2.24, 2.45) is 5.92 Å². The first-order valence-corrected chi connectivity index (χ1v) is 9.12. The molecule has 2 heterocycles. The molecule has 0 saturated carbocycles. The van der Waals surface area contributed by atoms with Crippen LogP contribution in [0.15, 0.2) is 47.2 Å². The maximum Gasteiger partial charge on any atom is 0.310 e. The molecule has 0 radical (unpaired) electrons. The lowest BCUT2D eigenvalue weighted by Gasteiger charge is -2.24. The first-order chi connectivity index (χ1) is 11.2. The first kappa shape index (κ1) is 16.2. The lowest BCUT2D eigenvalue weighted by Crippen LogP contribution is -2.27. The molecule has 1 aliphatic rings. The van der Waals surface area contributed by atoms with Crippen molar-refractivity contribution < 1.29 is 9.53 Å². The van der Waals surface area contributed by atoms with Gasteiger partial charge >= 0.3 is 5.97 Å². The zero-order valence-electron chi connectivity index (χ0n) is 13.6. The van der Waals surface area contributed by atoms with Crippen molar-refractivity contribution in [3.05, 3.63) is 58.3 Å². The second-order valence-corrected chi connectivity index (χ2v) is 6.84. The van der Waals surface area contributed by atoms with E-state index in [0.29, 0.717) is 12.6 Å². The van der Waals surface area contributed by atoms with E-state index in [0.717, 1.165) is 13.1 Å². The largest absolute Gasteiger partial charge is 0.466 e. The lowest BCUT2D eigenvalue weighted by atomic mass is 9.91. The van der Waals surface area contributed by atoms with Crippen LogP contribution in [-0.2, 0) is 9.53 Å². The molecule has 1 saturated heterocycles. The minimum atomic E-state index is -0.0734. The number of benzene rings is 1. The number of rotatable bonds is 5. The molecule has 0 N–H and O–H groups in total. The van der Waals surface area contributed by atoms with Crippen LogP contribution in [0.5, 0.6) is 0 Å². The number of hydrogen-bond acceptors (Lipinski definition) is 4. The highest BCUT2D eigenvalue weighted by molar-refractivity contribution is 7.08. The molecule has 3 unspecified atom stereocenters. The van der Waals surface area contributed by atoms with Gasteiger partial charge in [-0.15, -0.1) is 0 Å². The fraction of sp³-hybridized carbons (Fsp3) is 0.421. The van der Waals surface area contributed by atoms with Crippen LogP contribution in [0.3, 0.4) is 0 Å². The summed E-state index contributed by atoms with van der Waals surface area (Å²) in [5.41, 5.74) is 2.55. The summed E-state index contributed by atoms with van der Waals surface area (Å²) >= 11 is 1.69. The van der Waals surface area contributed by atoms with E-state index in [2.05, 4.69) is 52.9 Å². The molecule has 0 spiro atoms. The van der Waals surface area contributed by atoms with E-state index in [1.54, 1.807) is 11.3 Å². The maximum atomic E-state index is 12.4. The third kappa shape index (κ3) is 3.48. The standard InChI is InChI=1S/C19H23NO2S/c1-3-22-19(21)18-12-20(11-17(18)16-9-10-23-13-16)14(2)15-7-5-4-6-8-15/h4-10,13-14,17-18H,3,11-12H2,1-2H3. The quantitative estimate of drug-likeness (QED) is 0.774. The van der Waals surface area contributed by atoms with Crippen LogP contribution in [0.4, 0.5) is 0 Å². The van der Waals surface area contributed by atoms with Gasteiger partial charge in [-0.1, -0.05) is 30.3 Å². The molecule has 23 heavy (non-hydrogen) atoms. The molecule has 0 aliphatic carbocycles. The van der Waals surface area contributed by atoms with Crippen LogP contribution >= 0.6 is 11.3 Å². The fourth-order valence-corrected chi connectivity index (χ4v) is 4.13. The molecular weight excluding hydrogens is 306 g/mol. The zero-order valence-corrected chi connectivity index (χ0v) is 14.5. The molecule has 1 fully saturated rings. The monoisotopic (exact) mass is 329 g/mol. The Labute approximate surface area is 141 Å².